The highest BCUT2D eigenvalue weighted by Crippen LogP contribution is 2.22. The highest BCUT2D eigenvalue weighted by molar-refractivity contribution is 4.93. The zero-order valence-electron chi connectivity index (χ0n) is 11.4. The van der Waals surface area contributed by atoms with Gasteiger partial charge in [0.2, 0.25) is 5.89 Å². The molecule has 0 aromatic carbocycles. The van der Waals surface area contributed by atoms with E-state index < -0.39 is 0 Å². The van der Waals surface area contributed by atoms with Crippen molar-refractivity contribution in [2.45, 2.75) is 38.8 Å². The average molecular weight is 261 g/mol. The number of likely N-dealkylation sites (tertiary alicyclic amines) is 1. The van der Waals surface area contributed by atoms with E-state index in [0.717, 1.165) is 31.9 Å². The van der Waals surface area contributed by atoms with Crippen LogP contribution in [0.15, 0.2) is 23.0 Å². The smallest absolute Gasteiger partial charge is 0.240 e. The summed E-state index contributed by atoms with van der Waals surface area (Å²) in [5.74, 6) is 1.82. The Bertz CT molecular complexity index is 519. The second-order valence-electron chi connectivity index (χ2n) is 5.36. The maximum absolute atomic E-state index is 5.29. The van der Waals surface area contributed by atoms with E-state index in [4.69, 9.17) is 4.52 Å². The van der Waals surface area contributed by atoms with Gasteiger partial charge >= 0.3 is 0 Å². The highest BCUT2D eigenvalue weighted by Gasteiger charge is 2.25. The van der Waals surface area contributed by atoms with Crippen LogP contribution in [0.1, 0.15) is 43.9 Å². The predicted octanol–water partition coefficient (Wildman–Crippen LogP) is 1.84. The molecule has 1 aliphatic heterocycles. The molecule has 1 atom stereocenters. The van der Waals surface area contributed by atoms with Gasteiger partial charge in [-0.2, -0.15) is 10.1 Å². The van der Waals surface area contributed by atoms with Gasteiger partial charge in [-0.25, -0.2) is 0 Å². The van der Waals surface area contributed by atoms with Crippen molar-refractivity contribution in [1.82, 2.24) is 24.8 Å². The van der Waals surface area contributed by atoms with E-state index in [-0.39, 0.29) is 0 Å². The van der Waals surface area contributed by atoms with Gasteiger partial charge in [0.05, 0.1) is 12.6 Å². The fourth-order valence-corrected chi connectivity index (χ4v) is 2.43. The lowest BCUT2D eigenvalue weighted by molar-refractivity contribution is 0.258. The molecule has 6 heteroatoms. The average Bonchev–Trinajstić information content (AvgIpc) is 3.09. The Hall–Kier alpha value is -1.69. The first-order valence-electron chi connectivity index (χ1n) is 6.76. The molecule has 2 aromatic rings. The first-order chi connectivity index (χ1) is 9.22. The molecule has 0 saturated carbocycles. The van der Waals surface area contributed by atoms with Gasteiger partial charge in [0.15, 0.2) is 5.82 Å². The Morgan fingerprint density at radius 1 is 1.47 bits per heavy atom. The SMILES string of the molecule is CC(C)c1noc(CN2CCC(n3cccn3)C2)n1. The van der Waals surface area contributed by atoms with Gasteiger partial charge < -0.3 is 4.52 Å². The summed E-state index contributed by atoms with van der Waals surface area (Å²) in [7, 11) is 0. The van der Waals surface area contributed by atoms with Gasteiger partial charge in [0.25, 0.3) is 0 Å². The Balaban J connectivity index is 1.59. The Morgan fingerprint density at radius 2 is 2.37 bits per heavy atom. The fourth-order valence-electron chi connectivity index (χ4n) is 2.43. The lowest BCUT2D eigenvalue weighted by atomic mass is 10.2. The minimum atomic E-state index is 0.313. The van der Waals surface area contributed by atoms with Gasteiger partial charge in [0, 0.05) is 31.4 Å². The van der Waals surface area contributed by atoms with Crippen LogP contribution in [0, 0.1) is 0 Å². The van der Waals surface area contributed by atoms with E-state index in [1.54, 1.807) is 0 Å². The zero-order chi connectivity index (χ0) is 13.2. The fraction of sp³-hybridized carbons (Fsp3) is 0.615. The molecule has 0 amide bonds. The predicted molar refractivity (Wildman–Crippen MR) is 69.5 cm³/mol. The molecule has 0 radical (unpaired) electrons. The van der Waals surface area contributed by atoms with Crippen molar-refractivity contribution >= 4 is 0 Å². The molecule has 1 fully saturated rings. The van der Waals surface area contributed by atoms with E-state index >= 15 is 0 Å². The normalized spacial score (nSPS) is 20.5. The topological polar surface area (TPSA) is 60.0 Å². The van der Waals surface area contributed by atoms with Crippen LogP contribution in [-0.4, -0.2) is 37.9 Å². The summed E-state index contributed by atoms with van der Waals surface area (Å²) in [6.45, 7) is 6.90. The third-order valence-electron chi connectivity index (χ3n) is 3.51. The number of hydrogen-bond donors (Lipinski definition) is 0. The molecule has 0 N–H and O–H groups in total. The second-order valence-corrected chi connectivity index (χ2v) is 5.36. The third-order valence-corrected chi connectivity index (χ3v) is 3.51. The zero-order valence-corrected chi connectivity index (χ0v) is 11.4. The molecule has 3 heterocycles. The van der Waals surface area contributed by atoms with Crippen molar-refractivity contribution in [2.75, 3.05) is 13.1 Å². The summed E-state index contributed by atoms with van der Waals surface area (Å²) in [6, 6.07) is 2.43. The summed E-state index contributed by atoms with van der Waals surface area (Å²) in [4.78, 5) is 6.76. The van der Waals surface area contributed by atoms with Gasteiger partial charge in [-0.3, -0.25) is 9.58 Å². The molecule has 6 nitrogen and oxygen atoms in total. The van der Waals surface area contributed by atoms with Crippen molar-refractivity contribution in [2.24, 2.45) is 0 Å². The molecule has 102 valence electrons. The number of aromatic nitrogens is 4. The van der Waals surface area contributed by atoms with Crippen LogP contribution in [0.4, 0.5) is 0 Å². The standard InChI is InChI=1S/C13H19N5O/c1-10(2)13-15-12(19-16-13)9-17-7-4-11(8-17)18-6-3-5-14-18/h3,5-6,10-11H,4,7-9H2,1-2H3. The molecular weight excluding hydrogens is 242 g/mol. The van der Waals surface area contributed by atoms with Crippen LogP contribution in [0.2, 0.25) is 0 Å². The minimum Gasteiger partial charge on any atom is -0.338 e. The molecule has 1 saturated heterocycles. The molecular formula is C13H19N5O. The van der Waals surface area contributed by atoms with Gasteiger partial charge in [0.1, 0.15) is 0 Å². The lowest BCUT2D eigenvalue weighted by Crippen LogP contribution is -2.21. The van der Waals surface area contributed by atoms with Crippen LogP contribution in [-0.2, 0) is 6.54 Å². The summed E-state index contributed by atoms with van der Waals surface area (Å²) in [6.07, 6.45) is 4.97. The Labute approximate surface area is 112 Å². The van der Waals surface area contributed by atoms with Crippen molar-refractivity contribution in [3.05, 3.63) is 30.2 Å². The van der Waals surface area contributed by atoms with Gasteiger partial charge in [-0.15, -0.1) is 0 Å². The molecule has 0 aliphatic carbocycles. The number of hydrogen-bond acceptors (Lipinski definition) is 5. The Morgan fingerprint density at radius 3 is 3.05 bits per heavy atom. The number of rotatable bonds is 4. The molecule has 0 spiro atoms. The summed E-state index contributed by atoms with van der Waals surface area (Å²) >= 11 is 0. The third kappa shape index (κ3) is 2.68. The Kier molecular flexibility index (Phi) is 3.33. The summed E-state index contributed by atoms with van der Waals surface area (Å²) < 4.78 is 7.32. The van der Waals surface area contributed by atoms with Crippen LogP contribution in [0.5, 0.6) is 0 Å². The largest absolute Gasteiger partial charge is 0.338 e. The molecule has 1 aliphatic rings. The van der Waals surface area contributed by atoms with Crippen molar-refractivity contribution < 1.29 is 4.52 Å². The molecule has 2 aromatic heterocycles. The second kappa shape index (κ2) is 5.13. The quantitative estimate of drug-likeness (QED) is 0.840. The van der Waals surface area contributed by atoms with E-state index in [2.05, 4.69) is 34.0 Å². The van der Waals surface area contributed by atoms with Crippen LogP contribution >= 0.6 is 0 Å². The summed E-state index contributed by atoms with van der Waals surface area (Å²) in [5.41, 5.74) is 0. The molecule has 1 unspecified atom stereocenters. The first-order valence-corrected chi connectivity index (χ1v) is 6.76. The van der Waals surface area contributed by atoms with Gasteiger partial charge in [-0.1, -0.05) is 19.0 Å². The van der Waals surface area contributed by atoms with Gasteiger partial charge in [-0.05, 0) is 12.5 Å². The van der Waals surface area contributed by atoms with Crippen LogP contribution < -0.4 is 0 Å². The van der Waals surface area contributed by atoms with E-state index in [0.29, 0.717) is 17.9 Å². The van der Waals surface area contributed by atoms with Crippen molar-refractivity contribution in [1.29, 1.82) is 0 Å². The maximum Gasteiger partial charge on any atom is 0.240 e. The first kappa shape index (κ1) is 12.3. The monoisotopic (exact) mass is 261 g/mol. The van der Waals surface area contributed by atoms with Crippen molar-refractivity contribution in [3.63, 3.8) is 0 Å². The molecule has 3 rings (SSSR count). The minimum absolute atomic E-state index is 0.313. The van der Waals surface area contributed by atoms with Crippen molar-refractivity contribution in [3.8, 4) is 0 Å². The highest BCUT2D eigenvalue weighted by atomic mass is 16.5. The lowest BCUT2D eigenvalue weighted by Gasteiger charge is -2.13. The van der Waals surface area contributed by atoms with E-state index in [1.165, 1.54) is 0 Å². The van der Waals surface area contributed by atoms with E-state index in [1.807, 2.05) is 23.1 Å². The summed E-state index contributed by atoms with van der Waals surface area (Å²) in [5, 5.41) is 8.30. The van der Waals surface area contributed by atoms with Crippen LogP contribution in [0.25, 0.3) is 0 Å². The number of nitrogens with zero attached hydrogens (tertiary/aromatic N) is 5. The van der Waals surface area contributed by atoms with E-state index in [9.17, 15) is 0 Å². The van der Waals surface area contributed by atoms with Crippen LogP contribution in [0.3, 0.4) is 0 Å². The molecule has 0 bridgehead atoms. The maximum atomic E-state index is 5.29. The molecule has 19 heavy (non-hydrogen) atoms.